The summed E-state index contributed by atoms with van der Waals surface area (Å²) in [4.78, 5) is 29.3. The lowest BCUT2D eigenvalue weighted by Gasteiger charge is -2.17. The van der Waals surface area contributed by atoms with E-state index >= 15 is 0 Å². The minimum atomic E-state index is -0.515. The molecule has 0 aliphatic carbocycles. The van der Waals surface area contributed by atoms with E-state index < -0.39 is 5.41 Å². The molecule has 188 valence electrons. The molecular weight excluding hydrogens is 481 g/mol. The van der Waals surface area contributed by atoms with Crippen molar-refractivity contribution >= 4 is 33.7 Å². The van der Waals surface area contributed by atoms with Crippen molar-refractivity contribution in [3.05, 3.63) is 79.0 Å². The van der Waals surface area contributed by atoms with Crippen LogP contribution < -0.4 is 5.32 Å². The van der Waals surface area contributed by atoms with Crippen LogP contribution in [0.4, 0.5) is 10.1 Å². The zero-order valence-corrected chi connectivity index (χ0v) is 21.0. The maximum Gasteiger partial charge on any atom is 0.229 e. The normalized spacial score (nSPS) is 11.8. The Bertz CT molecular complexity index is 1810. The lowest BCUT2D eigenvalue weighted by Crippen LogP contribution is -2.27. The maximum atomic E-state index is 13.5. The van der Waals surface area contributed by atoms with Crippen LogP contribution in [0.25, 0.3) is 55.8 Å². The van der Waals surface area contributed by atoms with E-state index in [9.17, 15) is 9.18 Å². The van der Waals surface area contributed by atoms with Crippen LogP contribution in [-0.4, -0.2) is 36.0 Å². The first-order valence-corrected chi connectivity index (χ1v) is 12.1. The Labute approximate surface area is 217 Å². The molecule has 0 saturated carbocycles. The highest BCUT2D eigenvalue weighted by Crippen LogP contribution is 2.33. The van der Waals surface area contributed by atoms with E-state index in [-0.39, 0.29) is 11.7 Å². The van der Waals surface area contributed by atoms with Crippen molar-refractivity contribution in [1.82, 2.24) is 30.1 Å². The van der Waals surface area contributed by atoms with E-state index in [0.29, 0.717) is 28.4 Å². The molecule has 0 radical (unpaired) electrons. The molecule has 0 fully saturated rings. The van der Waals surface area contributed by atoms with Gasteiger partial charge < -0.3 is 10.3 Å². The number of aromatic amines is 2. The number of hydrogen-bond donors (Lipinski definition) is 3. The largest absolute Gasteiger partial charge is 0.324 e. The fourth-order valence-electron chi connectivity index (χ4n) is 4.24. The summed E-state index contributed by atoms with van der Waals surface area (Å²) < 4.78 is 13.5. The molecule has 4 aromatic heterocycles. The Morgan fingerprint density at radius 1 is 0.947 bits per heavy atom. The molecule has 0 unspecified atom stereocenters. The van der Waals surface area contributed by atoms with E-state index in [0.717, 1.165) is 33.2 Å². The molecule has 3 N–H and O–H groups in total. The number of carbonyl (C=O) groups excluding carboxylic acids is 1. The number of H-pyrrole nitrogens is 2. The predicted octanol–water partition coefficient (Wildman–Crippen LogP) is 6.35. The van der Waals surface area contributed by atoms with Gasteiger partial charge >= 0.3 is 0 Å². The maximum absolute atomic E-state index is 13.5. The highest BCUT2D eigenvalue weighted by atomic mass is 19.1. The number of nitrogens with one attached hydrogen (secondary N) is 3. The van der Waals surface area contributed by atoms with Gasteiger partial charge in [0.2, 0.25) is 5.91 Å². The molecule has 0 saturated heterocycles. The monoisotopic (exact) mass is 505 g/mol. The number of amides is 1. The Morgan fingerprint density at radius 3 is 2.53 bits per heavy atom. The van der Waals surface area contributed by atoms with Gasteiger partial charge in [0.15, 0.2) is 11.5 Å². The number of nitrogens with zero attached hydrogens (tertiary/aromatic N) is 4. The summed E-state index contributed by atoms with van der Waals surface area (Å²) in [5.41, 5.74) is 6.36. The van der Waals surface area contributed by atoms with Gasteiger partial charge in [0.1, 0.15) is 17.0 Å². The molecule has 9 heteroatoms. The molecule has 4 heterocycles. The van der Waals surface area contributed by atoms with E-state index in [4.69, 9.17) is 4.98 Å². The Kier molecular flexibility index (Phi) is 5.48. The Hall–Kier alpha value is -4.92. The van der Waals surface area contributed by atoms with Crippen molar-refractivity contribution in [3.8, 4) is 33.8 Å². The smallest absolute Gasteiger partial charge is 0.229 e. The zero-order chi connectivity index (χ0) is 26.4. The highest BCUT2D eigenvalue weighted by Gasteiger charge is 2.21. The molecule has 0 spiro atoms. The summed E-state index contributed by atoms with van der Waals surface area (Å²) in [7, 11) is 0. The second-order valence-corrected chi connectivity index (χ2v) is 10.1. The number of halogens is 1. The highest BCUT2D eigenvalue weighted by molar-refractivity contribution is 5.98. The third kappa shape index (κ3) is 4.28. The molecule has 1 amide bonds. The van der Waals surface area contributed by atoms with E-state index in [1.54, 1.807) is 30.7 Å². The van der Waals surface area contributed by atoms with Gasteiger partial charge in [-0.3, -0.25) is 14.9 Å². The lowest BCUT2D eigenvalue weighted by molar-refractivity contribution is -0.123. The van der Waals surface area contributed by atoms with Crippen LogP contribution in [0, 0.1) is 11.2 Å². The molecule has 0 aliphatic rings. The van der Waals surface area contributed by atoms with Crippen LogP contribution in [0.2, 0.25) is 0 Å². The van der Waals surface area contributed by atoms with Crippen LogP contribution in [0.3, 0.4) is 0 Å². The summed E-state index contributed by atoms with van der Waals surface area (Å²) in [6.45, 7) is 5.60. The minimum absolute atomic E-state index is 0.0810. The summed E-state index contributed by atoms with van der Waals surface area (Å²) in [6, 6.07) is 16.0. The lowest BCUT2D eigenvalue weighted by atomic mass is 9.95. The molecule has 0 atom stereocenters. The van der Waals surface area contributed by atoms with Gasteiger partial charge in [0, 0.05) is 34.3 Å². The molecule has 0 aliphatic heterocycles. The molecule has 6 aromatic rings. The van der Waals surface area contributed by atoms with Gasteiger partial charge in [-0.25, -0.2) is 14.4 Å². The second kappa shape index (κ2) is 8.88. The number of anilines is 1. The quantitative estimate of drug-likeness (QED) is 0.258. The van der Waals surface area contributed by atoms with Crippen LogP contribution in [0.15, 0.2) is 73.2 Å². The van der Waals surface area contributed by atoms with Gasteiger partial charge in [-0.15, -0.1) is 0 Å². The van der Waals surface area contributed by atoms with E-state index in [1.165, 1.54) is 12.1 Å². The number of pyridine rings is 2. The fourth-order valence-corrected chi connectivity index (χ4v) is 4.24. The van der Waals surface area contributed by atoms with Crippen LogP contribution in [0.5, 0.6) is 0 Å². The van der Waals surface area contributed by atoms with Gasteiger partial charge in [-0.1, -0.05) is 39.0 Å². The first-order chi connectivity index (χ1) is 18.3. The van der Waals surface area contributed by atoms with Gasteiger partial charge in [-0.05, 0) is 47.5 Å². The number of rotatable bonds is 4. The van der Waals surface area contributed by atoms with Crippen molar-refractivity contribution in [3.63, 3.8) is 0 Å². The van der Waals surface area contributed by atoms with Crippen molar-refractivity contribution in [2.45, 2.75) is 20.8 Å². The van der Waals surface area contributed by atoms with E-state index in [2.05, 4.69) is 30.5 Å². The average Bonchev–Trinajstić information content (AvgIpc) is 3.52. The number of hydrogen-bond acceptors (Lipinski definition) is 5. The van der Waals surface area contributed by atoms with Gasteiger partial charge in [0.05, 0.1) is 17.4 Å². The van der Waals surface area contributed by atoms with Gasteiger partial charge in [0.25, 0.3) is 0 Å². The van der Waals surface area contributed by atoms with Crippen molar-refractivity contribution in [2.75, 3.05) is 5.32 Å². The minimum Gasteiger partial charge on any atom is -0.324 e. The average molecular weight is 506 g/mol. The number of carbonyl (C=O) groups is 1. The third-order valence-electron chi connectivity index (χ3n) is 6.34. The molecule has 8 nitrogen and oxygen atoms in total. The number of aromatic nitrogens is 6. The number of benzene rings is 2. The summed E-state index contributed by atoms with van der Waals surface area (Å²) in [5.74, 6) is 0.190. The Morgan fingerprint density at radius 2 is 1.74 bits per heavy atom. The van der Waals surface area contributed by atoms with Crippen LogP contribution >= 0.6 is 0 Å². The van der Waals surface area contributed by atoms with E-state index in [1.807, 2.05) is 51.1 Å². The van der Waals surface area contributed by atoms with Crippen molar-refractivity contribution in [1.29, 1.82) is 0 Å². The third-order valence-corrected chi connectivity index (χ3v) is 6.34. The van der Waals surface area contributed by atoms with Crippen molar-refractivity contribution < 1.29 is 9.18 Å². The summed E-state index contributed by atoms with van der Waals surface area (Å²) in [5, 5.41) is 11.4. The summed E-state index contributed by atoms with van der Waals surface area (Å²) >= 11 is 0. The topological polar surface area (TPSA) is 112 Å². The zero-order valence-electron chi connectivity index (χ0n) is 21.0. The standard InChI is InChI=1S/C29H24FN7O/c1-29(2,3)28(38)33-20-12-18(14-31-15-20)17-6-9-23-22(13-17)25(37-36-23)27-34-24-21(10-11-32-26(24)35-27)16-4-7-19(30)8-5-16/h4-15H,1-3H3,(H,33,38)(H,36,37)(H,32,34,35). The molecule has 6 rings (SSSR count). The van der Waals surface area contributed by atoms with Crippen LogP contribution in [-0.2, 0) is 4.79 Å². The summed E-state index contributed by atoms with van der Waals surface area (Å²) in [6.07, 6.45) is 5.09. The number of fused-ring (bicyclic) bond motifs is 2. The van der Waals surface area contributed by atoms with Crippen LogP contribution in [0.1, 0.15) is 20.8 Å². The first kappa shape index (κ1) is 23.5. The number of imidazole rings is 1. The fraction of sp³-hybridized carbons (Fsp3) is 0.138. The molecule has 0 bridgehead atoms. The first-order valence-electron chi connectivity index (χ1n) is 12.1. The van der Waals surface area contributed by atoms with Crippen molar-refractivity contribution in [2.24, 2.45) is 5.41 Å². The Balaban J connectivity index is 1.39. The molecular formula is C29H24FN7O. The van der Waals surface area contributed by atoms with Gasteiger partial charge in [-0.2, -0.15) is 5.10 Å². The molecule has 38 heavy (non-hydrogen) atoms. The molecule has 2 aromatic carbocycles. The SMILES string of the molecule is CC(C)(C)C(=O)Nc1cncc(-c2ccc3[nH]nc(-c4nc5c(-c6ccc(F)cc6)ccnc5[nH]4)c3c2)c1. The second-order valence-electron chi connectivity index (χ2n) is 10.1. The predicted molar refractivity (Wildman–Crippen MR) is 146 cm³/mol.